The zero-order valence-corrected chi connectivity index (χ0v) is 11.0. The highest BCUT2D eigenvalue weighted by atomic mass is 16.4. The van der Waals surface area contributed by atoms with Gasteiger partial charge < -0.3 is 5.11 Å². The first-order valence-electron chi connectivity index (χ1n) is 5.90. The van der Waals surface area contributed by atoms with Gasteiger partial charge in [-0.25, -0.2) is 4.79 Å². The van der Waals surface area contributed by atoms with Crippen LogP contribution in [0.1, 0.15) is 43.1 Å². The van der Waals surface area contributed by atoms with Gasteiger partial charge in [0, 0.05) is 12.1 Å². The number of aromatic carboxylic acids is 1. The van der Waals surface area contributed by atoms with Crippen molar-refractivity contribution in [3.05, 3.63) is 35.4 Å². The van der Waals surface area contributed by atoms with E-state index in [1.807, 2.05) is 12.1 Å². The standard InChI is InChI=1S/C14H21NO2/c1-5-14(2,3)15(4)10-11-6-8-12(9-7-11)13(16)17/h6-9H,5,10H2,1-4H3,(H,16,17). The SMILES string of the molecule is CCC(C)(C)N(C)Cc1ccc(C(=O)O)cc1. The number of carboxylic acids is 1. The Morgan fingerprint density at radius 3 is 2.24 bits per heavy atom. The van der Waals surface area contributed by atoms with Crippen LogP contribution in [0.2, 0.25) is 0 Å². The average molecular weight is 235 g/mol. The lowest BCUT2D eigenvalue weighted by molar-refractivity contribution is 0.0697. The van der Waals surface area contributed by atoms with E-state index in [4.69, 9.17) is 5.11 Å². The second kappa shape index (κ2) is 5.32. The van der Waals surface area contributed by atoms with E-state index in [1.165, 1.54) is 0 Å². The van der Waals surface area contributed by atoms with Gasteiger partial charge in [0.1, 0.15) is 0 Å². The Balaban J connectivity index is 2.73. The van der Waals surface area contributed by atoms with Gasteiger partial charge in [-0.3, -0.25) is 4.90 Å². The molecule has 0 radical (unpaired) electrons. The van der Waals surface area contributed by atoms with Gasteiger partial charge in [-0.15, -0.1) is 0 Å². The van der Waals surface area contributed by atoms with E-state index in [9.17, 15) is 4.79 Å². The van der Waals surface area contributed by atoms with Crippen LogP contribution in [0.4, 0.5) is 0 Å². The van der Waals surface area contributed by atoms with Crippen molar-refractivity contribution in [2.45, 2.75) is 39.3 Å². The molecule has 94 valence electrons. The molecule has 0 aliphatic carbocycles. The molecule has 1 rings (SSSR count). The Morgan fingerprint density at radius 2 is 1.82 bits per heavy atom. The van der Waals surface area contributed by atoms with Crippen LogP contribution in [0, 0.1) is 0 Å². The predicted octanol–water partition coefficient (Wildman–Crippen LogP) is 3.01. The molecule has 0 amide bonds. The molecule has 0 saturated carbocycles. The number of carbonyl (C=O) groups is 1. The molecule has 1 N–H and O–H groups in total. The summed E-state index contributed by atoms with van der Waals surface area (Å²) in [6.07, 6.45) is 1.08. The highest BCUT2D eigenvalue weighted by molar-refractivity contribution is 5.87. The first kappa shape index (κ1) is 13.7. The summed E-state index contributed by atoms with van der Waals surface area (Å²) in [5.41, 5.74) is 1.64. The summed E-state index contributed by atoms with van der Waals surface area (Å²) >= 11 is 0. The fourth-order valence-electron chi connectivity index (χ4n) is 1.51. The second-order valence-corrected chi connectivity index (χ2v) is 5.02. The highest BCUT2D eigenvalue weighted by Crippen LogP contribution is 2.19. The van der Waals surface area contributed by atoms with Gasteiger partial charge in [0.05, 0.1) is 5.56 Å². The molecule has 3 heteroatoms. The van der Waals surface area contributed by atoms with E-state index in [-0.39, 0.29) is 5.54 Å². The summed E-state index contributed by atoms with van der Waals surface area (Å²) in [5.74, 6) is -0.876. The van der Waals surface area contributed by atoms with Crippen LogP contribution in [0.15, 0.2) is 24.3 Å². The maximum absolute atomic E-state index is 10.7. The van der Waals surface area contributed by atoms with Crippen molar-refractivity contribution < 1.29 is 9.90 Å². The maximum Gasteiger partial charge on any atom is 0.335 e. The lowest BCUT2D eigenvalue weighted by Crippen LogP contribution is -2.39. The third-order valence-corrected chi connectivity index (χ3v) is 3.52. The van der Waals surface area contributed by atoms with E-state index < -0.39 is 5.97 Å². The van der Waals surface area contributed by atoms with E-state index in [0.717, 1.165) is 18.5 Å². The number of carboxylic acid groups (broad SMARTS) is 1. The minimum atomic E-state index is -0.876. The molecule has 0 aliphatic rings. The molecule has 0 unspecified atom stereocenters. The van der Waals surface area contributed by atoms with E-state index in [1.54, 1.807) is 12.1 Å². The minimum Gasteiger partial charge on any atom is -0.478 e. The quantitative estimate of drug-likeness (QED) is 0.853. The van der Waals surface area contributed by atoms with Gasteiger partial charge in [-0.2, -0.15) is 0 Å². The minimum absolute atomic E-state index is 0.158. The summed E-state index contributed by atoms with van der Waals surface area (Å²) in [6, 6.07) is 7.08. The Hall–Kier alpha value is -1.35. The lowest BCUT2D eigenvalue weighted by Gasteiger charge is -2.34. The van der Waals surface area contributed by atoms with Crippen molar-refractivity contribution in [3.8, 4) is 0 Å². The highest BCUT2D eigenvalue weighted by Gasteiger charge is 2.20. The molecule has 17 heavy (non-hydrogen) atoms. The fourth-order valence-corrected chi connectivity index (χ4v) is 1.51. The topological polar surface area (TPSA) is 40.5 Å². The predicted molar refractivity (Wildman–Crippen MR) is 69.2 cm³/mol. The summed E-state index contributed by atoms with van der Waals surface area (Å²) in [7, 11) is 2.09. The third kappa shape index (κ3) is 3.56. The Kier molecular flexibility index (Phi) is 4.29. The van der Waals surface area contributed by atoms with E-state index in [0.29, 0.717) is 5.56 Å². The molecule has 0 atom stereocenters. The van der Waals surface area contributed by atoms with E-state index >= 15 is 0 Å². The van der Waals surface area contributed by atoms with Crippen molar-refractivity contribution >= 4 is 5.97 Å². The lowest BCUT2D eigenvalue weighted by atomic mass is 9.99. The molecule has 0 spiro atoms. The fraction of sp³-hybridized carbons (Fsp3) is 0.500. The first-order valence-corrected chi connectivity index (χ1v) is 5.90. The first-order chi connectivity index (χ1) is 7.86. The van der Waals surface area contributed by atoms with Crippen molar-refractivity contribution in [1.82, 2.24) is 4.90 Å². The van der Waals surface area contributed by atoms with Crippen LogP contribution < -0.4 is 0 Å². The van der Waals surface area contributed by atoms with Gasteiger partial charge in [-0.05, 0) is 45.0 Å². The molecular formula is C14H21NO2. The average Bonchev–Trinajstić information content (AvgIpc) is 2.29. The normalized spacial score (nSPS) is 11.8. The zero-order valence-electron chi connectivity index (χ0n) is 11.0. The van der Waals surface area contributed by atoms with Crippen molar-refractivity contribution in [2.75, 3.05) is 7.05 Å². The third-order valence-electron chi connectivity index (χ3n) is 3.52. The number of nitrogens with zero attached hydrogens (tertiary/aromatic N) is 1. The summed E-state index contributed by atoms with van der Waals surface area (Å²) in [4.78, 5) is 13.0. The monoisotopic (exact) mass is 235 g/mol. The summed E-state index contributed by atoms with van der Waals surface area (Å²) in [5, 5.41) is 8.81. The molecule has 0 heterocycles. The molecular weight excluding hydrogens is 214 g/mol. The van der Waals surface area contributed by atoms with Crippen molar-refractivity contribution in [3.63, 3.8) is 0 Å². The summed E-state index contributed by atoms with van der Waals surface area (Å²) < 4.78 is 0. The molecule has 3 nitrogen and oxygen atoms in total. The number of rotatable bonds is 5. The smallest absolute Gasteiger partial charge is 0.335 e. The van der Waals surface area contributed by atoms with Crippen LogP contribution >= 0.6 is 0 Å². The van der Waals surface area contributed by atoms with Crippen LogP contribution in [0.5, 0.6) is 0 Å². The zero-order chi connectivity index (χ0) is 13.1. The van der Waals surface area contributed by atoms with Crippen LogP contribution in [-0.2, 0) is 6.54 Å². The molecule has 0 fully saturated rings. The van der Waals surface area contributed by atoms with Crippen LogP contribution in [-0.4, -0.2) is 28.6 Å². The number of benzene rings is 1. The maximum atomic E-state index is 10.7. The van der Waals surface area contributed by atoms with Gasteiger partial charge in [-0.1, -0.05) is 19.1 Å². The molecule has 0 saturated heterocycles. The largest absolute Gasteiger partial charge is 0.478 e. The van der Waals surface area contributed by atoms with Gasteiger partial charge in [0.15, 0.2) is 0 Å². The Labute approximate surface area is 103 Å². The second-order valence-electron chi connectivity index (χ2n) is 5.02. The van der Waals surface area contributed by atoms with E-state index in [2.05, 4.69) is 32.7 Å². The molecule has 0 aliphatic heterocycles. The van der Waals surface area contributed by atoms with Crippen molar-refractivity contribution in [2.24, 2.45) is 0 Å². The van der Waals surface area contributed by atoms with Crippen LogP contribution in [0.25, 0.3) is 0 Å². The van der Waals surface area contributed by atoms with Gasteiger partial charge in [0.25, 0.3) is 0 Å². The Bertz CT molecular complexity index is 382. The van der Waals surface area contributed by atoms with Gasteiger partial charge >= 0.3 is 5.97 Å². The molecule has 1 aromatic rings. The molecule has 0 bridgehead atoms. The summed E-state index contributed by atoms with van der Waals surface area (Å²) in [6.45, 7) is 7.42. The van der Waals surface area contributed by atoms with Gasteiger partial charge in [0.2, 0.25) is 0 Å². The number of hydrogen-bond acceptors (Lipinski definition) is 2. The Morgan fingerprint density at radius 1 is 1.29 bits per heavy atom. The van der Waals surface area contributed by atoms with Crippen LogP contribution in [0.3, 0.4) is 0 Å². The molecule has 0 aromatic heterocycles. The van der Waals surface area contributed by atoms with Crippen molar-refractivity contribution in [1.29, 1.82) is 0 Å². The number of hydrogen-bond donors (Lipinski definition) is 1. The molecule has 1 aromatic carbocycles.